The van der Waals surface area contributed by atoms with Gasteiger partial charge in [0.2, 0.25) is 0 Å². The Balaban J connectivity index is 2.32. The van der Waals surface area contributed by atoms with Gasteiger partial charge in [-0.05, 0) is 31.0 Å². The largest absolute Gasteiger partial charge is 0.462 e. The molecule has 1 aromatic rings. The Morgan fingerprint density at radius 2 is 1.91 bits per heavy atom. The molecule has 5 heteroatoms. The van der Waals surface area contributed by atoms with Gasteiger partial charge in [-0.2, -0.15) is 0 Å². The molecule has 0 spiro atoms. The molecule has 1 unspecified atom stereocenters. The number of carbonyl (C=O) groups excluding carboxylic acids is 2. The topological polar surface area (TPSA) is 52.6 Å². The molecule has 0 heterocycles. The lowest BCUT2D eigenvalue weighted by Crippen LogP contribution is -2.19. The zero-order chi connectivity index (χ0) is 16.4. The number of carbonyl (C=O) groups is 2. The van der Waals surface area contributed by atoms with Gasteiger partial charge in [0.15, 0.2) is 0 Å². The summed E-state index contributed by atoms with van der Waals surface area (Å²) in [5.74, 6) is -0.452. The second kappa shape index (κ2) is 10.2. The van der Waals surface area contributed by atoms with Gasteiger partial charge in [0.25, 0.3) is 0 Å². The lowest BCUT2D eigenvalue weighted by molar-refractivity contribution is -0.152. The van der Waals surface area contributed by atoms with Crippen molar-refractivity contribution in [2.75, 3.05) is 0 Å². The lowest BCUT2D eigenvalue weighted by Gasteiger charge is -2.15. The molecule has 0 aliphatic carbocycles. The standard InChI is InChI=1S/C17H23ClO4/c1-3-5-8-14(4-2)21-16(19)10-11-17(20)22-15-9-6-7-13(18)12-15/h6-7,9,12,14H,3-5,8,10-11H2,1-2H3. The minimum atomic E-state index is -0.471. The van der Waals surface area contributed by atoms with E-state index in [2.05, 4.69) is 6.92 Å². The zero-order valence-electron chi connectivity index (χ0n) is 13.1. The summed E-state index contributed by atoms with van der Waals surface area (Å²) in [6.07, 6.45) is 3.72. The molecule has 0 aromatic heterocycles. The van der Waals surface area contributed by atoms with E-state index in [4.69, 9.17) is 21.1 Å². The fourth-order valence-corrected chi connectivity index (χ4v) is 2.12. The van der Waals surface area contributed by atoms with E-state index in [1.807, 2.05) is 6.92 Å². The lowest BCUT2D eigenvalue weighted by atomic mass is 10.1. The highest BCUT2D eigenvalue weighted by Gasteiger charge is 2.14. The van der Waals surface area contributed by atoms with E-state index in [0.717, 1.165) is 25.7 Å². The quantitative estimate of drug-likeness (QED) is 0.494. The second-order valence-corrected chi connectivity index (χ2v) is 5.53. The van der Waals surface area contributed by atoms with Gasteiger partial charge in [-0.1, -0.05) is 44.4 Å². The summed E-state index contributed by atoms with van der Waals surface area (Å²) in [6.45, 7) is 4.08. The summed E-state index contributed by atoms with van der Waals surface area (Å²) in [4.78, 5) is 23.4. The van der Waals surface area contributed by atoms with Crippen molar-refractivity contribution in [2.45, 2.75) is 58.5 Å². The highest BCUT2D eigenvalue weighted by Crippen LogP contribution is 2.18. The number of ether oxygens (including phenoxy) is 2. The van der Waals surface area contributed by atoms with Gasteiger partial charge < -0.3 is 9.47 Å². The van der Waals surface area contributed by atoms with Crippen molar-refractivity contribution in [2.24, 2.45) is 0 Å². The monoisotopic (exact) mass is 326 g/mol. The number of rotatable bonds is 9. The number of hydrogen-bond acceptors (Lipinski definition) is 4. The molecule has 1 atom stereocenters. The van der Waals surface area contributed by atoms with Gasteiger partial charge in [0, 0.05) is 5.02 Å². The maximum atomic E-state index is 11.7. The van der Waals surface area contributed by atoms with E-state index in [9.17, 15) is 9.59 Å². The highest BCUT2D eigenvalue weighted by molar-refractivity contribution is 6.30. The van der Waals surface area contributed by atoms with Crippen molar-refractivity contribution in [3.05, 3.63) is 29.3 Å². The summed E-state index contributed by atoms with van der Waals surface area (Å²) in [5.41, 5.74) is 0. The minimum absolute atomic E-state index is 0.00441. The molecule has 122 valence electrons. The fraction of sp³-hybridized carbons (Fsp3) is 0.529. The van der Waals surface area contributed by atoms with E-state index in [1.165, 1.54) is 0 Å². The van der Waals surface area contributed by atoms with Crippen LogP contribution in [0.3, 0.4) is 0 Å². The normalized spacial score (nSPS) is 11.8. The van der Waals surface area contributed by atoms with Crippen molar-refractivity contribution >= 4 is 23.5 Å². The Morgan fingerprint density at radius 3 is 2.55 bits per heavy atom. The van der Waals surface area contributed by atoms with Crippen LogP contribution < -0.4 is 4.74 Å². The summed E-state index contributed by atoms with van der Waals surface area (Å²) >= 11 is 5.81. The third-order valence-electron chi connectivity index (χ3n) is 3.19. The summed E-state index contributed by atoms with van der Waals surface area (Å²) in [6, 6.07) is 6.58. The number of benzene rings is 1. The molecular formula is C17H23ClO4. The number of unbranched alkanes of at least 4 members (excludes halogenated alkanes) is 1. The van der Waals surface area contributed by atoms with Crippen molar-refractivity contribution in [3.8, 4) is 5.75 Å². The average molecular weight is 327 g/mol. The molecule has 0 saturated carbocycles. The van der Waals surface area contributed by atoms with Crippen LogP contribution in [0.25, 0.3) is 0 Å². The molecule has 0 fully saturated rings. The van der Waals surface area contributed by atoms with E-state index >= 15 is 0 Å². The first-order valence-electron chi connectivity index (χ1n) is 7.70. The smallest absolute Gasteiger partial charge is 0.311 e. The third kappa shape index (κ3) is 7.46. The molecular weight excluding hydrogens is 304 g/mol. The Kier molecular flexibility index (Phi) is 8.60. The van der Waals surface area contributed by atoms with Crippen LogP contribution in [0.1, 0.15) is 52.4 Å². The third-order valence-corrected chi connectivity index (χ3v) is 3.43. The van der Waals surface area contributed by atoms with Crippen LogP contribution in [-0.2, 0) is 14.3 Å². The van der Waals surface area contributed by atoms with E-state index in [-0.39, 0.29) is 24.9 Å². The summed E-state index contributed by atoms with van der Waals surface area (Å²) in [7, 11) is 0. The van der Waals surface area contributed by atoms with Crippen LogP contribution in [0, 0.1) is 0 Å². The van der Waals surface area contributed by atoms with Gasteiger partial charge in [-0.25, -0.2) is 0 Å². The predicted octanol–water partition coefficient (Wildman–Crippen LogP) is 4.54. The number of esters is 2. The summed E-state index contributed by atoms with van der Waals surface area (Å²) in [5, 5.41) is 0.492. The molecule has 22 heavy (non-hydrogen) atoms. The molecule has 0 aliphatic heterocycles. The van der Waals surface area contributed by atoms with Crippen LogP contribution in [-0.4, -0.2) is 18.0 Å². The van der Waals surface area contributed by atoms with Crippen molar-refractivity contribution in [1.29, 1.82) is 0 Å². The molecule has 4 nitrogen and oxygen atoms in total. The van der Waals surface area contributed by atoms with Crippen molar-refractivity contribution in [1.82, 2.24) is 0 Å². The molecule has 0 bridgehead atoms. The van der Waals surface area contributed by atoms with Crippen molar-refractivity contribution < 1.29 is 19.1 Å². The van der Waals surface area contributed by atoms with Gasteiger partial charge in [0.1, 0.15) is 11.9 Å². The summed E-state index contributed by atoms with van der Waals surface area (Å²) < 4.78 is 10.5. The number of halogens is 1. The van der Waals surface area contributed by atoms with Crippen LogP contribution in [0.2, 0.25) is 5.02 Å². The molecule has 0 saturated heterocycles. The Morgan fingerprint density at radius 1 is 1.18 bits per heavy atom. The molecule has 1 aromatic carbocycles. The SMILES string of the molecule is CCCCC(CC)OC(=O)CCC(=O)Oc1cccc(Cl)c1. The van der Waals surface area contributed by atoms with E-state index < -0.39 is 5.97 Å². The van der Waals surface area contributed by atoms with Crippen LogP contribution >= 0.6 is 11.6 Å². The van der Waals surface area contributed by atoms with Crippen LogP contribution in [0.4, 0.5) is 0 Å². The average Bonchev–Trinajstić information content (AvgIpc) is 2.49. The fourth-order valence-electron chi connectivity index (χ4n) is 1.94. The zero-order valence-corrected chi connectivity index (χ0v) is 13.9. The first-order valence-corrected chi connectivity index (χ1v) is 8.08. The van der Waals surface area contributed by atoms with Gasteiger partial charge >= 0.3 is 11.9 Å². The molecule has 0 aliphatic rings. The van der Waals surface area contributed by atoms with Gasteiger partial charge in [-0.3, -0.25) is 9.59 Å². The Labute approximate surface area is 136 Å². The van der Waals surface area contributed by atoms with Crippen LogP contribution in [0.5, 0.6) is 5.75 Å². The molecule has 1 rings (SSSR count). The first kappa shape index (κ1) is 18.5. The first-order chi connectivity index (χ1) is 10.5. The molecule has 0 amide bonds. The van der Waals surface area contributed by atoms with Gasteiger partial charge in [-0.15, -0.1) is 0 Å². The Hall–Kier alpha value is -1.55. The van der Waals surface area contributed by atoms with Crippen LogP contribution in [0.15, 0.2) is 24.3 Å². The Bertz CT molecular complexity index is 487. The predicted molar refractivity (Wildman–Crippen MR) is 86.0 cm³/mol. The van der Waals surface area contributed by atoms with E-state index in [0.29, 0.717) is 10.8 Å². The van der Waals surface area contributed by atoms with Crippen molar-refractivity contribution in [3.63, 3.8) is 0 Å². The maximum absolute atomic E-state index is 11.7. The van der Waals surface area contributed by atoms with E-state index in [1.54, 1.807) is 24.3 Å². The second-order valence-electron chi connectivity index (χ2n) is 5.09. The van der Waals surface area contributed by atoms with Gasteiger partial charge in [0.05, 0.1) is 12.8 Å². The number of hydrogen-bond donors (Lipinski definition) is 0. The minimum Gasteiger partial charge on any atom is -0.462 e. The highest BCUT2D eigenvalue weighted by atomic mass is 35.5. The molecule has 0 N–H and O–H groups in total. The maximum Gasteiger partial charge on any atom is 0.311 e. The molecule has 0 radical (unpaired) electrons.